The quantitative estimate of drug-likeness (QED) is 0.793. The van der Waals surface area contributed by atoms with Crippen LogP contribution in [-0.2, 0) is 15.0 Å². The number of para-hydroxylation sites is 1. The average Bonchev–Trinajstić information content (AvgIpc) is 3.17. The second-order valence-corrected chi connectivity index (χ2v) is 7.87. The van der Waals surface area contributed by atoms with Crippen molar-refractivity contribution in [2.75, 3.05) is 11.4 Å². The zero-order chi connectivity index (χ0) is 16.9. The first kappa shape index (κ1) is 15.3. The highest BCUT2D eigenvalue weighted by Gasteiger charge is 2.41. The number of carbonyl (C=O) groups excluding carboxylic acids is 1. The zero-order valence-electron chi connectivity index (χ0n) is 12.8. The minimum atomic E-state index is -4.74. The van der Waals surface area contributed by atoms with Crippen LogP contribution in [0.15, 0.2) is 36.4 Å². The van der Waals surface area contributed by atoms with Gasteiger partial charge < -0.3 is 0 Å². The normalized spacial score (nSPS) is 21.5. The van der Waals surface area contributed by atoms with Gasteiger partial charge in [-0.2, -0.15) is 13.5 Å². The first-order chi connectivity index (χ1) is 11.4. The maximum Gasteiger partial charge on any atom is 0.307 e. The Morgan fingerprint density at radius 1 is 1.17 bits per heavy atom. The minimum absolute atomic E-state index is 0.180. The number of halogens is 1. The Morgan fingerprint density at radius 2 is 1.88 bits per heavy atom. The molecule has 2 aliphatic rings. The summed E-state index contributed by atoms with van der Waals surface area (Å²) >= 11 is 0. The zero-order valence-corrected chi connectivity index (χ0v) is 13.6. The van der Waals surface area contributed by atoms with E-state index in [1.165, 1.54) is 4.90 Å². The summed E-state index contributed by atoms with van der Waals surface area (Å²) in [6, 6.07) is 11.1. The van der Waals surface area contributed by atoms with Gasteiger partial charge in [-0.3, -0.25) is 9.69 Å². The molecule has 2 heterocycles. The van der Waals surface area contributed by atoms with Crippen LogP contribution in [-0.4, -0.2) is 35.9 Å². The molecule has 0 radical (unpaired) electrons. The second kappa shape index (κ2) is 5.41. The summed E-state index contributed by atoms with van der Waals surface area (Å²) < 4.78 is 37.3. The molecule has 8 heteroatoms. The summed E-state index contributed by atoms with van der Waals surface area (Å²) in [4.78, 5) is 13.6. The summed E-state index contributed by atoms with van der Waals surface area (Å²) in [5, 5.41) is 3.28. The molecule has 0 spiro atoms. The van der Waals surface area contributed by atoms with Crippen LogP contribution in [0.25, 0.3) is 5.69 Å². The summed E-state index contributed by atoms with van der Waals surface area (Å²) in [6.45, 7) is -0.180. The van der Waals surface area contributed by atoms with Gasteiger partial charge in [0, 0.05) is 24.9 Å². The minimum Gasteiger partial charge on any atom is -0.295 e. The number of amides is 1. The number of carbonyl (C=O) groups is 1. The van der Waals surface area contributed by atoms with E-state index >= 15 is 0 Å². The molecule has 1 unspecified atom stereocenters. The maximum absolute atomic E-state index is 13.3. The van der Waals surface area contributed by atoms with Crippen LogP contribution >= 0.6 is 0 Å². The smallest absolute Gasteiger partial charge is 0.295 e. The number of anilines is 1. The number of benzene rings is 1. The third-order valence-corrected chi connectivity index (χ3v) is 5.58. The van der Waals surface area contributed by atoms with E-state index in [0.29, 0.717) is 11.7 Å². The molecule has 1 aliphatic heterocycles. The van der Waals surface area contributed by atoms with Crippen LogP contribution < -0.4 is 4.90 Å². The molecule has 1 aliphatic carbocycles. The van der Waals surface area contributed by atoms with Crippen molar-refractivity contribution >= 4 is 21.9 Å². The maximum atomic E-state index is 13.3. The van der Waals surface area contributed by atoms with Crippen molar-refractivity contribution in [3.63, 3.8) is 0 Å². The van der Waals surface area contributed by atoms with Gasteiger partial charge in [0.15, 0.2) is 0 Å². The fraction of sp³-hybridized carbons (Fsp3) is 0.375. The fourth-order valence-corrected chi connectivity index (χ4v) is 3.67. The molecule has 0 N–H and O–H groups in total. The Labute approximate surface area is 139 Å². The Hall–Kier alpha value is -2.22. The molecule has 2 fully saturated rings. The van der Waals surface area contributed by atoms with Crippen molar-refractivity contribution in [2.45, 2.75) is 30.4 Å². The molecular weight excluding hydrogens is 333 g/mol. The van der Waals surface area contributed by atoms with Gasteiger partial charge >= 0.3 is 10.2 Å². The van der Waals surface area contributed by atoms with E-state index in [0.717, 1.165) is 24.2 Å². The van der Waals surface area contributed by atoms with Crippen LogP contribution in [0.2, 0.25) is 0 Å². The van der Waals surface area contributed by atoms with Crippen molar-refractivity contribution < 1.29 is 17.1 Å². The Morgan fingerprint density at radius 3 is 2.46 bits per heavy atom. The Bertz CT molecular complexity index is 891. The molecule has 1 amide bonds. The molecule has 1 aromatic heterocycles. The van der Waals surface area contributed by atoms with Gasteiger partial charge in [-0.1, -0.05) is 18.2 Å². The third kappa shape index (κ3) is 2.71. The third-order valence-electron chi connectivity index (χ3n) is 4.47. The summed E-state index contributed by atoms with van der Waals surface area (Å²) in [7, 11) is -4.74. The SMILES string of the molecule is O=C1CC(S(=O)(=O)F)CN1c1cc(C2CC2)nn1-c1ccccc1. The number of rotatable bonds is 4. The second-order valence-electron chi connectivity index (χ2n) is 6.26. The number of hydrogen-bond donors (Lipinski definition) is 0. The van der Waals surface area contributed by atoms with Gasteiger partial charge in [-0.05, 0) is 25.0 Å². The summed E-state index contributed by atoms with van der Waals surface area (Å²) in [6.07, 6.45) is 1.78. The summed E-state index contributed by atoms with van der Waals surface area (Å²) in [5.41, 5.74) is 1.66. The number of hydrogen-bond acceptors (Lipinski definition) is 4. The van der Waals surface area contributed by atoms with Gasteiger partial charge in [0.2, 0.25) is 5.91 Å². The van der Waals surface area contributed by atoms with E-state index in [2.05, 4.69) is 5.10 Å². The Balaban J connectivity index is 1.76. The molecule has 1 saturated carbocycles. The highest BCUT2D eigenvalue weighted by atomic mass is 32.3. The van der Waals surface area contributed by atoms with Crippen molar-refractivity contribution in [3.05, 3.63) is 42.1 Å². The van der Waals surface area contributed by atoms with E-state index in [9.17, 15) is 17.1 Å². The number of nitrogens with zero attached hydrogens (tertiary/aromatic N) is 3. The first-order valence-electron chi connectivity index (χ1n) is 7.82. The highest BCUT2D eigenvalue weighted by molar-refractivity contribution is 7.87. The van der Waals surface area contributed by atoms with Crippen LogP contribution in [0.3, 0.4) is 0 Å². The molecule has 0 bridgehead atoms. The molecule has 6 nitrogen and oxygen atoms in total. The van der Waals surface area contributed by atoms with Gasteiger partial charge in [-0.25, -0.2) is 4.68 Å². The van der Waals surface area contributed by atoms with Crippen LogP contribution in [0.5, 0.6) is 0 Å². The van der Waals surface area contributed by atoms with E-state index in [1.54, 1.807) is 4.68 Å². The topological polar surface area (TPSA) is 72.3 Å². The molecule has 24 heavy (non-hydrogen) atoms. The van der Waals surface area contributed by atoms with E-state index in [-0.39, 0.29) is 13.0 Å². The summed E-state index contributed by atoms with van der Waals surface area (Å²) in [5.74, 6) is 0.479. The van der Waals surface area contributed by atoms with E-state index < -0.39 is 21.4 Å². The standard InChI is InChI=1S/C16H16FN3O3S/c17-24(22,23)13-8-16(21)19(10-13)15-9-14(11-6-7-11)18-20(15)12-4-2-1-3-5-12/h1-5,9,11,13H,6-8,10H2. The predicted octanol–water partition coefficient (Wildman–Crippen LogP) is 2.15. The molecule has 1 atom stereocenters. The average molecular weight is 349 g/mol. The molecule has 126 valence electrons. The molecule has 1 aromatic carbocycles. The van der Waals surface area contributed by atoms with E-state index in [1.807, 2.05) is 36.4 Å². The first-order valence-corrected chi connectivity index (χ1v) is 9.27. The van der Waals surface area contributed by atoms with Crippen LogP contribution in [0.4, 0.5) is 9.70 Å². The van der Waals surface area contributed by atoms with E-state index in [4.69, 9.17) is 0 Å². The van der Waals surface area contributed by atoms with Gasteiger partial charge in [0.1, 0.15) is 11.1 Å². The highest BCUT2D eigenvalue weighted by Crippen LogP contribution is 2.41. The van der Waals surface area contributed by atoms with Gasteiger partial charge in [0.05, 0.1) is 11.4 Å². The molecule has 4 rings (SSSR count). The Kier molecular flexibility index (Phi) is 3.45. The number of aromatic nitrogens is 2. The van der Waals surface area contributed by atoms with Crippen molar-refractivity contribution in [1.82, 2.24) is 9.78 Å². The molecule has 2 aromatic rings. The van der Waals surface area contributed by atoms with Crippen molar-refractivity contribution in [2.24, 2.45) is 0 Å². The molecule has 1 saturated heterocycles. The lowest BCUT2D eigenvalue weighted by Gasteiger charge is -2.17. The van der Waals surface area contributed by atoms with Crippen molar-refractivity contribution in [1.29, 1.82) is 0 Å². The van der Waals surface area contributed by atoms with Crippen molar-refractivity contribution in [3.8, 4) is 5.69 Å². The van der Waals surface area contributed by atoms with Crippen LogP contribution in [0.1, 0.15) is 30.9 Å². The lowest BCUT2D eigenvalue weighted by molar-refractivity contribution is -0.117. The largest absolute Gasteiger partial charge is 0.307 e. The van der Waals surface area contributed by atoms with Gasteiger partial charge in [-0.15, -0.1) is 3.89 Å². The fourth-order valence-electron chi connectivity index (χ4n) is 3.00. The lowest BCUT2D eigenvalue weighted by atomic mass is 10.3. The predicted molar refractivity (Wildman–Crippen MR) is 86.3 cm³/mol. The molecular formula is C16H16FN3O3S. The lowest BCUT2D eigenvalue weighted by Crippen LogP contribution is -2.28. The monoisotopic (exact) mass is 349 g/mol. The van der Waals surface area contributed by atoms with Crippen LogP contribution in [0, 0.1) is 0 Å². The van der Waals surface area contributed by atoms with Gasteiger partial charge in [0.25, 0.3) is 0 Å².